The second-order valence-corrected chi connectivity index (χ2v) is 7.84. The minimum Gasteiger partial charge on any atom is -0.347 e. The first kappa shape index (κ1) is 18.0. The van der Waals surface area contributed by atoms with Gasteiger partial charge in [-0.05, 0) is 35.3 Å². The van der Waals surface area contributed by atoms with Crippen molar-refractivity contribution in [3.8, 4) is 0 Å². The van der Waals surface area contributed by atoms with Gasteiger partial charge in [-0.1, -0.05) is 42.1 Å². The van der Waals surface area contributed by atoms with Gasteiger partial charge in [0.25, 0.3) is 0 Å². The molecule has 9 heteroatoms. The fraction of sp³-hybridized carbons (Fsp3) is 0.500. The minimum absolute atomic E-state index is 0.0918. The summed E-state index contributed by atoms with van der Waals surface area (Å²) >= 11 is 1.34. The Morgan fingerprint density at radius 1 is 1.30 bits per heavy atom. The predicted molar refractivity (Wildman–Crippen MR) is 100.0 cm³/mol. The third-order valence-corrected chi connectivity index (χ3v) is 5.73. The van der Waals surface area contributed by atoms with Crippen LogP contribution >= 0.6 is 11.8 Å². The van der Waals surface area contributed by atoms with E-state index in [2.05, 4.69) is 20.8 Å². The molecule has 1 aromatic heterocycles. The molecule has 1 aromatic carbocycles. The van der Waals surface area contributed by atoms with E-state index in [0.717, 1.165) is 31.4 Å². The number of amides is 2. The lowest BCUT2D eigenvalue weighted by atomic mass is 10.1. The normalized spacial score (nSPS) is 17.9. The molecule has 1 aliphatic heterocycles. The molecule has 2 amide bonds. The van der Waals surface area contributed by atoms with E-state index in [0.29, 0.717) is 24.2 Å². The topological polar surface area (TPSA) is 93.0 Å². The molecule has 1 saturated heterocycles. The Bertz CT molecular complexity index is 807. The number of carbonyl (C=O) groups is 2. The summed E-state index contributed by atoms with van der Waals surface area (Å²) in [7, 11) is 0. The number of nitrogens with one attached hydrogen (secondary N) is 1. The molecule has 1 unspecified atom stereocenters. The van der Waals surface area contributed by atoms with Gasteiger partial charge in [0.15, 0.2) is 0 Å². The largest absolute Gasteiger partial charge is 0.347 e. The molecule has 142 valence electrons. The lowest BCUT2D eigenvalue weighted by molar-refractivity contribution is -0.128. The highest BCUT2D eigenvalue weighted by Crippen LogP contribution is 2.36. The number of tetrazole rings is 1. The fourth-order valence-corrected chi connectivity index (χ4v) is 3.99. The van der Waals surface area contributed by atoms with Crippen molar-refractivity contribution < 1.29 is 9.59 Å². The number of nitrogens with zero attached hydrogens (tertiary/aromatic N) is 5. The Morgan fingerprint density at radius 3 is 2.81 bits per heavy atom. The summed E-state index contributed by atoms with van der Waals surface area (Å²) < 4.78 is 1.80. The van der Waals surface area contributed by atoms with Crippen molar-refractivity contribution in [1.29, 1.82) is 0 Å². The van der Waals surface area contributed by atoms with E-state index in [1.807, 2.05) is 35.2 Å². The predicted octanol–water partition coefficient (Wildman–Crippen LogP) is 1.58. The molecule has 1 aliphatic carbocycles. The maximum Gasteiger partial charge on any atom is 0.231 e. The Balaban J connectivity index is 1.38. The van der Waals surface area contributed by atoms with Crippen molar-refractivity contribution >= 4 is 23.6 Å². The summed E-state index contributed by atoms with van der Waals surface area (Å²) in [4.78, 5) is 26.4. The molecule has 0 spiro atoms. The molecule has 1 saturated carbocycles. The maximum absolute atomic E-state index is 12.6. The zero-order chi connectivity index (χ0) is 18.6. The molecule has 0 bridgehead atoms. The van der Waals surface area contributed by atoms with Gasteiger partial charge in [-0.25, -0.2) is 4.68 Å². The summed E-state index contributed by atoms with van der Waals surface area (Å²) in [6, 6.07) is 9.94. The van der Waals surface area contributed by atoms with E-state index in [1.165, 1.54) is 11.8 Å². The Hall–Kier alpha value is -2.42. The number of hydrogen-bond acceptors (Lipinski definition) is 6. The number of rotatable bonds is 8. The molecule has 0 radical (unpaired) electrons. The number of benzene rings is 1. The molecular formula is C18H22N6O2S. The van der Waals surface area contributed by atoms with Crippen LogP contribution in [0.2, 0.25) is 0 Å². The second kappa shape index (κ2) is 8.08. The van der Waals surface area contributed by atoms with Crippen LogP contribution in [0, 0.1) is 0 Å². The Kier molecular flexibility index (Phi) is 5.38. The van der Waals surface area contributed by atoms with Crippen molar-refractivity contribution in [1.82, 2.24) is 30.4 Å². The van der Waals surface area contributed by atoms with E-state index in [-0.39, 0.29) is 23.6 Å². The van der Waals surface area contributed by atoms with Crippen LogP contribution in [0.3, 0.4) is 0 Å². The van der Waals surface area contributed by atoms with Crippen LogP contribution in [0.1, 0.15) is 43.3 Å². The highest BCUT2D eigenvalue weighted by atomic mass is 32.2. The average Bonchev–Trinajstić information content (AvgIpc) is 3.29. The molecule has 2 aliphatic rings. The van der Waals surface area contributed by atoms with Crippen LogP contribution in [-0.4, -0.2) is 55.8 Å². The van der Waals surface area contributed by atoms with Gasteiger partial charge in [0.2, 0.25) is 17.0 Å². The summed E-state index contributed by atoms with van der Waals surface area (Å²) in [5.41, 5.74) is 0.998. The lowest BCUT2D eigenvalue weighted by Crippen LogP contribution is -2.39. The summed E-state index contributed by atoms with van der Waals surface area (Å²) in [5.74, 6) is 0.304. The van der Waals surface area contributed by atoms with E-state index >= 15 is 0 Å². The number of thioether (sulfide) groups is 1. The Labute approximate surface area is 161 Å². The first-order valence-corrected chi connectivity index (χ1v) is 10.2. The van der Waals surface area contributed by atoms with Crippen molar-refractivity contribution in [3.63, 3.8) is 0 Å². The van der Waals surface area contributed by atoms with Gasteiger partial charge in [-0.3, -0.25) is 9.59 Å². The molecule has 2 heterocycles. The van der Waals surface area contributed by atoms with Gasteiger partial charge >= 0.3 is 0 Å². The molecule has 2 fully saturated rings. The summed E-state index contributed by atoms with van der Waals surface area (Å²) in [6.07, 6.45) is 3.65. The van der Waals surface area contributed by atoms with E-state index < -0.39 is 0 Å². The molecule has 1 atom stereocenters. The second-order valence-electron chi connectivity index (χ2n) is 6.90. The summed E-state index contributed by atoms with van der Waals surface area (Å²) in [6.45, 7) is 1.25. The molecule has 2 aromatic rings. The van der Waals surface area contributed by atoms with Crippen LogP contribution in [0.5, 0.6) is 0 Å². The maximum atomic E-state index is 12.6. The van der Waals surface area contributed by atoms with Crippen LogP contribution in [0.4, 0.5) is 0 Å². The fourth-order valence-electron chi connectivity index (χ4n) is 3.23. The molecule has 1 N–H and O–H groups in total. The zero-order valence-corrected chi connectivity index (χ0v) is 15.8. The van der Waals surface area contributed by atoms with Crippen LogP contribution in [0.25, 0.3) is 0 Å². The van der Waals surface area contributed by atoms with Crippen molar-refractivity contribution in [2.24, 2.45) is 0 Å². The Morgan fingerprint density at radius 2 is 2.11 bits per heavy atom. The van der Waals surface area contributed by atoms with Gasteiger partial charge in [0.05, 0.1) is 17.8 Å². The van der Waals surface area contributed by atoms with Crippen molar-refractivity contribution in [2.75, 3.05) is 18.8 Å². The lowest BCUT2D eigenvalue weighted by Gasteiger charge is -2.25. The van der Waals surface area contributed by atoms with E-state index in [4.69, 9.17) is 0 Å². The van der Waals surface area contributed by atoms with Gasteiger partial charge in [-0.2, -0.15) is 0 Å². The minimum atomic E-state index is -0.222. The van der Waals surface area contributed by atoms with Crippen molar-refractivity contribution in [3.05, 3.63) is 35.9 Å². The number of hydrogen-bond donors (Lipinski definition) is 1. The van der Waals surface area contributed by atoms with Gasteiger partial charge in [0, 0.05) is 19.5 Å². The van der Waals surface area contributed by atoms with Crippen LogP contribution in [0.15, 0.2) is 35.5 Å². The highest BCUT2D eigenvalue weighted by Gasteiger charge is 2.29. The number of likely N-dealkylation sites (tertiary alicyclic amines) is 1. The standard InChI is InChI=1S/C18H22N6O2S/c25-16(12-27-18-20-21-22-24(18)14-8-9-14)19-15(13-5-2-1-3-6-13)11-23-10-4-7-17(23)26/h1-3,5-6,14-15H,4,7-12H2,(H,19,25). The summed E-state index contributed by atoms with van der Waals surface area (Å²) in [5, 5.41) is 15.5. The third kappa shape index (κ3) is 4.47. The molecule has 4 rings (SSSR count). The van der Waals surface area contributed by atoms with E-state index in [1.54, 1.807) is 4.68 Å². The number of carbonyl (C=O) groups excluding carboxylic acids is 2. The zero-order valence-electron chi connectivity index (χ0n) is 15.0. The first-order chi connectivity index (χ1) is 13.2. The smallest absolute Gasteiger partial charge is 0.231 e. The SMILES string of the molecule is O=C(CSc1nnnn1C1CC1)NC(CN1CCCC1=O)c1ccccc1. The van der Waals surface area contributed by atoms with Gasteiger partial charge < -0.3 is 10.2 Å². The van der Waals surface area contributed by atoms with Gasteiger partial charge in [0.1, 0.15) is 0 Å². The monoisotopic (exact) mass is 386 g/mol. The van der Waals surface area contributed by atoms with Crippen LogP contribution in [-0.2, 0) is 9.59 Å². The quantitative estimate of drug-likeness (QED) is 0.693. The van der Waals surface area contributed by atoms with Crippen LogP contribution < -0.4 is 5.32 Å². The molecule has 27 heavy (non-hydrogen) atoms. The highest BCUT2D eigenvalue weighted by molar-refractivity contribution is 7.99. The van der Waals surface area contributed by atoms with Gasteiger partial charge in [-0.15, -0.1) is 5.10 Å². The van der Waals surface area contributed by atoms with E-state index in [9.17, 15) is 9.59 Å². The number of aromatic nitrogens is 4. The third-order valence-electron chi connectivity index (χ3n) is 4.80. The molecule has 8 nitrogen and oxygen atoms in total. The first-order valence-electron chi connectivity index (χ1n) is 9.23. The van der Waals surface area contributed by atoms with Crippen molar-refractivity contribution in [2.45, 2.75) is 42.9 Å². The average molecular weight is 386 g/mol. The molecular weight excluding hydrogens is 364 g/mol.